The highest BCUT2D eigenvalue weighted by Gasteiger charge is 2.11. The van der Waals surface area contributed by atoms with Gasteiger partial charge in [-0.1, -0.05) is 46.3 Å². The number of aryl methyl sites for hydroxylation is 1. The molecule has 0 aliphatic heterocycles. The average molecular weight is 384 g/mol. The molecule has 0 aliphatic rings. The van der Waals surface area contributed by atoms with E-state index in [0.717, 1.165) is 16.6 Å². The number of hydrogen-bond donors (Lipinski definition) is 0. The molecule has 19 heavy (non-hydrogen) atoms. The Morgan fingerprint density at radius 3 is 2.53 bits per heavy atom. The summed E-state index contributed by atoms with van der Waals surface area (Å²) >= 11 is 7.31. The van der Waals surface area contributed by atoms with Crippen molar-refractivity contribution in [2.75, 3.05) is 7.11 Å². The predicted molar refractivity (Wildman–Crippen MR) is 87.2 cm³/mol. The second-order valence-electron chi connectivity index (χ2n) is 4.49. The van der Waals surface area contributed by atoms with Crippen LogP contribution in [0.4, 0.5) is 0 Å². The largest absolute Gasteiger partial charge is 0.496 e. The molecule has 2 aromatic carbocycles. The first-order valence-corrected chi connectivity index (χ1v) is 7.84. The van der Waals surface area contributed by atoms with Gasteiger partial charge in [0.25, 0.3) is 0 Å². The Kier molecular flexibility index (Phi) is 5.06. The van der Waals surface area contributed by atoms with Crippen molar-refractivity contribution in [3.8, 4) is 5.75 Å². The third kappa shape index (κ3) is 3.61. The first kappa shape index (κ1) is 14.6. The predicted octanol–water partition coefficient (Wildman–Crippen LogP) is 5.44. The van der Waals surface area contributed by atoms with Crippen molar-refractivity contribution < 1.29 is 4.74 Å². The van der Waals surface area contributed by atoms with E-state index in [1.165, 1.54) is 16.7 Å². The van der Waals surface area contributed by atoms with Crippen LogP contribution in [0.15, 0.2) is 46.9 Å². The van der Waals surface area contributed by atoms with Gasteiger partial charge in [0.15, 0.2) is 0 Å². The molecule has 0 saturated heterocycles. The Bertz CT molecular complexity index is 566. The molecule has 0 fully saturated rings. The first-order valence-electron chi connectivity index (χ1n) is 6.14. The van der Waals surface area contributed by atoms with Crippen LogP contribution in [-0.4, -0.2) is 7.11 Å². The van der Waals surface area contributed by atoms with Gasteiger partial charge in [-0.05, 0) is 58.1 Å². The molecule has 2 aromatic rings. The Morgan fingerprint density at radius 1 is 1.16 bits per heavy atom. The van der Waals surface area contributed by atoms with Gasteiger partial charge < -0.3 is 4.74 Å². The number of hydrogen-bond acceptors (Lipinski definition) is 1. The highest BCUT2D eigenvalue weighted by molar-refractivity contribution is 9.10. The molecule has 0 aromatic heterocycles. The normalized spacial score (nSPS) is 12.2. The van der Waals surface area contributed by atoms with Crippen LogP contribution in [0.3, 0.4) is 0 Å². The first-order chi connectivity index (χ1) is 9.11. The van der Waals surface area contributed by atoms with Crippen LogP contribution in [-0.2, 0) is 6.42 Å². The van der Waals surface area contributed by atoms with E-state index in [9.17, 15) is 0 Å². The molecule has 0 amide bonds. The van der Waals surface area contributed by atoms with Crippen LogP contribution in [0.1, 0.15) is 21.5 Å². The monoisotopic (exact) mass is 382 g/mol. The molecule has 0 saturated carbocycles. The zero-order valence-corrected chi connectivity index (χ0v) is 14.2. The molecular formula is C16H16Br2O. The van der Waals surface area contributed by atoms with Gasteiger partial charge in [-0.3, -0.25) is 0 Å². The summed E-state index contributed by atoms with van der Waals surface area (Å²) in [5.41, 5.74) is 3.95. The summed E-state index contributed by atoms with van der Waals surface area (Å²) in [7, 11) is 1.68. The minimum Gasteiger partial charge on any atom is -0.496 e. The Hall–Kier alpha value is -0.800. The van der Waals surface area contributed by atoms with E-state index < -0.39 is 0 Å². The van der Waals surface area contributed by atoms with Crippen molar-refractivity contribution in [2.24, 2.45) is 0 Å². The quantitative estimate of drug-likeness (QED) is 0.638. The lowest BCUT2D eigenvalue weighted by molar-refractivity contribution is 0.412. The van der Waals surface area contributed by atoms with Crippen LogP contribution in [0.5, 0.6) is 5.75 Å². The molecule has 100 valence electrons. The molecule has 0 bridgehead atoms. The van der Waals surface area contributed by atoms with E-state index in [4.69, 9.17) is 4.74 Å². The summed E-state index contributed by atoms with van der Waals surface area (Å²) in [5.74, 6) is 0.861. The van der Waals surface area contributed by atoms with Crippen molar-refractivity contribution >= 4 is 31.9 Å². The topological polar surface area (TPSA) is 9.23 Å². The fourth-order valence-electron chi connectivity index (χ4n) is 2.03. The maximum atomic E-state index is 5.25. The van der Waals surface area contributed by atoms with Gasteiger partial charge in [0.1, 0.15) is 5.75 Å². The van der Waals surface area contributed by atoms with Gasteiger partial charge in [0.2, 0.25) is 0 Å². The van der Waals surface area contributed by atoms with Gasteiger partial charge in [-0.2, -0.15) is 0 Å². The number of rotatable bonds is 4. The van der Waals surface area contributed by atoms with Crippen LogP contribution >= 0.6 is 31.9 Å². The van der Waals surface area contributed by atoms with Gasteiger partial charge in [-0.15, -0.1) is 0 Å². The summed E-state index contributed by atoms with van der Waals surface area (Å²) in [6.07, 6.45) is 0.978. The molecule has 0 N–H and O–H groups in total. The summed E-state index contributed by atoms with van der Waals surface area (Å²) in [6, 6.07) is 14.7. The van der Waals surface area contributed by atoms with Crippen molar-refractivity contribution in [1.29, 1.82) is 0 Å². The molecule has 3 heteroatoms. The van der Waals surface area contributed by atoms with Crippen LogP contribution in [0.25, 0.3) is 0 Å². The fraction of sp³-hybridized carbons (Fsp3) is 0.250. The highest BCUT2D eigenvalue weighted by atomic mass is 79.9. The molecule has 1 nitrogen and oxygen atoms in total. The lowest BCUT2D eigenvalue weighted by atomic mass is 10.0. The lowest BCUT2D eigenvalue weighted by Gasteiger charge is -2.14. The Labute approximate surface area is 131 Å². The van der Waals surface area contributed by atoms with Gasteiger partial charge in [0.05, 0.1) is 11.6 Å². The van der Waals surface area contributed by atoms with E-state index in [2.05, 4.69) is 75.2 Å². The van der Waals surface area contributed by atoms with Crippen molar-refractivity contribution in [3.63, 3.8) is 0 Å². The van der Waals surface area contributed by atoms with Crippen molar-refractivity contribution in [1.82, 2.24) is 0 Å². The van der Waals surface area contributed by atoms with Crippen LogP contribution in [0, 0.1) is 6.92 Å². The van der Waals surface area contributed by atoms with Crippen molar-refractivity contribution in [2.45, 2.75) is 18.2 Å². The molecule has 0 heterocycles. The van der Waals surface area contributed by atoms with E-state index in [1.54, 1.807) is 7.11 Å². The molecule has 0 aliphatic carbocycles. The number of halogens is 2. The number of methoxy groups -OCH3 is 1. The molecule has 0 radical (unpaired) electrons. The minimum absolute atomic E-state index is 0.302. The van der Waals surface area contributed by atoms with E-state index in [0.29, 0.717) is 4.83 Å². The summed E-state index contributed by atoms with van der Waals surface area (Å²) in [6.45, 7) is 2.15. The number of ether oxygens (including phenoxy) is 1. The Morgan fingerprint density at radius 2 is 1.89 bits per heavy atom. The summed E-state index contributed by atoms with van der Waals surface area (Å²) < 4.78 is 6.24. The van der Waals surface area contributed by atoms with E-state index in [-0.39, 0.29) is 0 Å². The molecule has 0 spiro atoms. The maximum Gasteiger partial charge on any atom is 0.133 e. The number of alkyl halides is 1. The molecule has 2 rings (SSSR count). The molecular weight excluding hydrogens is 368 g/mol. The number of benzene rings is 2. The SMILES string of the molecule is COc1ccc(C(Br)Cc2ccccc2C)cc1Br. The van der Waals surface area contributed by atoms with Crippen molar-refractivity contribution in [3.05, 3.63) is 63.6 Å². The van der Waals surface area contributed by atoms with Gasteiger partial charge >= 0.3 is 0 Å². The third-order valence-corrected chi connectivity index (χ3v) is 4.67. The van der Waals surface area contributed by atoms with Gasteiger partial charge in [0, 0.05) is 4.83 Å². The summed E-state index contributed by atoms with van der Waals surface area (Å²) in [5, 5.41) is 0. The maximum absolute atomic E-state index is 5.25. The fourth-order valence-corrected chi connectivity index (χ4v) is 3.22. The second kappa shape index (κ2) is 6.58. The second-order valence-corrected chi connectivity index (χ2v) is 6.45. The van der Waals surface area contributed by atoms with Gasteiger partial charge in [-0.25, -0.2) is 0 Å². The smallest absolute Gasteiger partial charge is 0.133 e. The highest BCUT2D eigenvalue weighted by Crippen LogP contribution is 2.33. The zero-order valence-electron chi connectivity index (χ0n) is 11.0. The standard InChI is InChI=1S/C16H16Br2O/c1-11-5-3-4-6-12(11)9-14(17)13-7-8-16(19-2)15(18)10-13/h3-8,10,14H,9H2,1-2H3. The summed E-state index contributed by atoms with van der Waals surface area (Å²) in [4.78, 5) is 0.302. The van der Waals surface area contributed by atoms with Crippen LogP contribution < -0.4 is 4.74 Å². The lowest BCUT2D eigenvalue weighted by Crippen LogP contribution is -1.98. The molecule has 1 atom stereocenters. The minimum atomic E-state index is 0.302. The van der Waals surface area contributed by atoms with E-state index in [1.807, 2.05) is 6.07 Å². The van der Waals surface area contributed by atoms with E-state index >= 15 is 0 Å². The zero-order chi connectivity index (χ0) is 13.8. The molecule has 1 unspecified atom stereocenters. The Balaban J connectivity index is 2.18. The van der Waals surface area contributed by atoms with Crippen LogP contribution in [0.2, 0.25) is 0 Å². The third-order valence-electron chi connectivity index (χ3n) is 3.20. The average Bonchev–Trinajstić information content (AvgIpc) is 2.41.